The predicted octanol–water partition coefficient (Wildman–Crippen LogP) is 3.98. The van der Waals surface area contributed by atoms with Crippen molar-refractivity contribution in [1.29, 1.82) is 0 Å². The molecule has 0 fully saturated rings. The molecule has 1 heterocycles. The zero-order valence-electron chi connectivity index (χ0n) is 11.9. The minimum atomic E-state index is 0.747. The Morgan fingerprint density at radius 3 is 2.55 bits per heavy atom. The molecule has 1 aromatic heterocycles. The van der Waals surface area contributed by atoms with Gasteiger partial charge in [0.15, 0.2) is 0 Å². The summed E-state index contributed by atoms with van der Waals surface area (Å²) in [5.41, 5.74) is 4.71. The minimum absolute atomic E-state index is 0.747. The summed E-state index contributed by atoms with van der Waals surface area (Å²) in [7, 11) is 0. The highest BCUT2D eigenvalue weighted by atomic mass is 15.3. The summed E-state index contributed by atoms with van der Waals surface area (Å²) in [6.07, 6.45) is 0. The number of aromatic nitrogens is 2. The maximum Gasteiger partial charge on any atom is 0.0894 e. The van der Waals surface area contributed by atoms with Gasteiger partial charge in [-0.25, -0.2) is 0 Å². The second-order valence-corrected chi connectivity index (χ2v) is 5.00. The molecule has 0 saturated carbocycles. The van der Waals surface area contributed by atoms with Crippen molar-refractivity contribution in [3.05, 3.63) is 59.8 Å². The van der Waals surface area contributed by atoms with E-state index in [1.165, 1.54) is 16.5 Å². The Hall–Kier alpha value is -2.29. The highest BCUT2D eigenvalue weighted by molar-refractivity contribution is 5.82. The Morgan fingerprint density at radius 1 is 1.05 bits per heavy atom. The van der Waals surface area contributed by atoms with Gasteiger partial charge in [-0.1, -0.05) is 35.9 Å². The number of aryl methyl sites for hydroxylation is 2. The first-order valence-electron chi connectivity index (χ1n) is 7.03. The van der Waals surface area contributed by atoms with E-state index in [9.17, 15) is 0 Å². The van der Waals surface area contributed by atoms with Gasteiger partial charge >= 0.3 is 0 Å². The quantitative estimate of drug-likeness (QED) is 0.773. The lowest BCUT2D eigenvalue weighted by Gasteiger charge is -2.05. The molecule has 0 bridgehead atoms. The SMILES string of the molecule is CCn1nc(CNc2ccc(C)cc2)c2ccccc21. The number of hydrogen-bond acceptors (Lipinski definition) is 2. The van der Waals surface area contributed by atoms with Crippen LogP contribution in [0.15, 0.2) is 48.5 Å². The number of hydrogen-bond donors (Lipinski definition) is 1. The van der Waals surface area contributed by atoms with Crippen molar-refractivity contribution < 1.29 is 0 Å². The Labute approximate surface area is 119 Å². The summed E-state index contributed by atoms with van der Waals surface area (Å²) >= 11 is 0. The highest BCUT2D eigenvalue weighted by Gasteiger charge is 2.08. The average Bonchev–Trinajstić information content (AvgIpc) is 2.85. The Morgan fingerprint density at radius 2 is 1.80 bits per heavy atom. The predicted molar refractivity (Wildman–Crippen MR) is 83.9 cm³/mol. The fraction of sp³-hybridized carbons (Fsp3) is 0.235. The lowest BCUT2D eigenvalue weighted by Crippen LogP contribution is -2.02. The standard InChI is InChI=1S/C17H19N3/c1-3-20-17-7-5-4-6-15(17)16(19-20)12-18-14-10-8-13(2)9-11-14/h4-11,18H,3,12H2,1-2H3. The topological polar surface area (TPSA) is 29.9 Å². The van der Waals surface area contributed by atoms with Gasteiger partial charge in [0.25, 0.3) is 0 Å². The summed E-state index contributed by atoms with van der Waals surface area (Å²) in [5, 5.41) is 9.37. The van der Waals surface area contributed by atoms with Crippen molar-refractivity contribution in [2.45, 2.75) is 26.9 Å². The number of benzene rings is 2. The van der Waals surface area contributed by atoms with Crippen LogP contribution in [0.4, 0.5) is 5.69 Å². The molecular weight excluding hydrogens is 246 g/mol. The molecule has 3 nitrogen and oxygen atoms in total. The second-order valence-electron chi connectivity index (χ2n) is 5.00. The van der Waals surface area contributed by atoms with Crippen LogP contribution in [-0.4, -0.2) is 9.78 Å². The maximum absolute atomic E-state index is 4.69. The van der Waals surface area contributed by atoms with Crippen LogP contribution >= 0.6 is 0 Å². The molecule has 20 heavy (non-hydrogen) atoms. The fourth-order valence-electron chi connectivity index (χ4n) is 2.43. The number of anilines is 1. The zero-order valence-corrected chi connectivity index (χ0v) is 11.9. The van der Waals surface area contributed by atoms with Crippen molar-refractivity contribution in [3.63, 3.8) is 0 Å². The third kappa shape index (κ3) is 2.39. The number of para-hydroxylation sites is 1. The minimum Gasteiger partial charge on any atom is -0.379 e. The first-order chi connectivity index (χ1) is 9.78. The molecule has 3 aromatic rings. The molecule has 3 heteroatoms. The first-order valence-corrected chi connectivity index (χ1v) is 7.03. The molecule has 102 valence electrons. The van der Waals surface area contributed by atoms with Gasteiger partial charge in [-0.3, -0.25) is 4.68 Å². The fourth-order valence-corrected chi connectivity index (χ4v) is 2.43. The smallest absolute Gasteiger partial charge is 0.0894 e. The van der Waals surface area contributed by atoms with E-state index in [1.807, 2.05) is 0 Å². The van der Waals surface area contributed by atoms with Crippen LogP contribution in [0.5, 0.6) is 0 Å². The Bertz CT molecular complexity index is 711. The zero-order chi connectivity index (χ0) is 13.9. The molecule has 0 saturated heterocycles. The van der Waals surface area contributed by atoms with E-state index < -0.39 is 0 Å². The monoisotopic (exact) mass is 265 g/mol. The third-order valence-corrected chi connectivity index (χ3v) is 3.55. The summed E-state index contributed by atoms with van der Waals surface area (Å²) in [6.45, 7) is 5.86. The molecule has 0 spiro atoms. The lowest BCUT2D eigenvalue weighted by molar-refractivity contribution is 0.671. The number of rotatable bonds is 4. The molecule has 0 unspecified atom stereocenters. The van der Waals surface area contributed by atoms with Crippen LogP contribution in [0.1, 0.15) is 18.2 Å². The third-order valence-electron chi connectivity index (χ3n) is 3.55. The Kier molecular flexibility index (Phi) is 3.42. The van der Waals surface area contributed by atoms with E-state index in [0.717, 1.165) is 24.5 Å². The first kappa shape index (κ1) is 12.7. The van der Waals surface area contributed by atoms with Gasteiger partial charge < -0.3 is 5.32 Å². The number of nitrogens with one attached hydrogen (secondary N) is 1. The van der Waals surface area contributed by atoms with Gasteiger partial charge in [0.1, 0.15) is 0 Å². The Balaban J connectivity index is 1.85. The largest absolute Gasteiger partial charge is 0.379 e. The number of fused-ring (bicyclic) bond motifs is 1. The summed E-state index contributed by atoms with van der Waals surface area (Å²) < 4.78 is 2.06. The summed E-state index contributed by atoms with van der Waals surface area (Å²) in [5.74, 6) is 0. The van der Waals surface area contributed by atoms with Gasteiger partial charge in [-0.05, 0) is 32.0 Å². The average molecular weight is 265 g/mol. The van der Waals surface area contributed by atoms with Gasteiger partial charge in [-0.15, -0.1) is 0 Å². The van der Waals surface area contributed by atoms with Crippen molar-refractivity contribution in [1.82, 2.24) is 9.78 Å². The van der Waals surface area contributed by atoms with Crippen LogP contribution in [0.3, 0.4) is 0 Å². The van der Waals surface area contributed by atoms with E-state index in [-0.39, 0.29) is 0 Å². The van der Waals surface area contributed by atoms with E-state index in [2.05, 4.69) is 72.4 Å². The highest BCUT2D eigenvalue weighted by Crippen LogP contribution is 2.19. The molecular formula is C17H19N3. The van der Waals surface area contributed by atoms with Gasteiger partial charge in [0.05, 0.1) is 17.8 Å². The molecule has 0 aliphatic carbocycles. The van der Waals surface area contributed by atoms with Crippen molar-refractivity contribution in [2.24, 2.45) is 0 Å². The van der Waals surface area contributed by atoms with E-state index in [4.69, 9.17) is 5.10 Å². The molecule has 0 atom stereocenters. The van der Waals surface area contributed by atoms with Crippen LogP contribution in [0.2, 0.25) is 0 Å². The van der Waals surface area contributed by atoms with Crippen LogP contribution in [0, 0.1) is 6.92 Å². The van der Waals surface area contributed by atoms with Crippen LogP contribution < -0.4 is 5.32 Å². The van der Waals surface area contributed by atoms with Crippen LogP contribution in [-0.2, 0) is 13.1 Å². The van der Waals surface area contributed by atoms with E-state index in [1.54, 1.807) is 0 Å². The normalized spacial score (nSPS) is 10.9. The summed E-state index contributed by atoms with van der Waals surface area (Å²) in [4.78, 5) is 0. The van der Waals surface area contributed by atoms with Crippen molar-refractivity contribution >= 4 is 16.6 Å². The summed E-state index contributed by atoms with van der Waals surface area (Å²) in [6, 6.07) is 16.8. The molecule has 3 rings (SSSR count). The maximum atomic E-state index is 4.69. The molecule has 1 N–H and O–H groups in total. The van der Waals surface area contributed by atoms with Crippen molar-refractivity contribution in [3.8, 4) is 0 Å². The molecule has 0 aliphatic rings. The van der Waals surface area contributed by atoms with E-state index in [0.29, 0.717) is 0 Å². The number of nitrogens with zero attached hydrogens (tertiary/aromatic N) is 2. The van der Waals surface area contributed by atoms with Gasteiger partial charge in [0, 0.05) is 17.6 Å². The van der Waals surface area contributed by atoms with E-state index >= 15 is 0 Å². The van der Waals surface area contributed by atoms with Crippen LogP contribution in [0.25, 0.3) is 10.9 Å². The lowest BCUT2D eigenvalue weighted by atomic mass is 10.2. The van der Waals surface area contributed by atoms with Crippen molar-refractivity contribution in [2.75, 3.05) is 5.32 Å². The molecule has 2 aromatic carbocycles. The second kappa shape index (κ2) is 5.37. The van der Waals surface area contributed by atoms with Gasteiger partial charge in [0.2, 0.25) is 0 Å². The molecule has 0 aliphatic heterocycles. The molecule has 0 radical (unpaired) electrons. The van der Waals surface area contributed by atoms with Gasteiger partial charge in [-0.2, -0.15) is 5.10 Å². The molecule has 0 amide bonds.